The standard InChI is InChI=1S/C18H19NO4/c1-2-23-16-11-7-6-10-15(16)19-17(20)12-14(18(21)22)13-8-4-3-5-9-13/h3-11,14H,2,12H2,1H3,(H,19,20)(H,21,22). The molecule has 0 aromatic heterocycles. The van der Waals surface area contributed by atoms with Crippen molar-refractivity contribution in [1.29, 1.82) is 0 Å². The fourth-order valence-corrected chi connectivity index (χ4v) is 2.27. The minimum absolute atomic E-state index is 0.139. The van der Waals surface area contributed by atoms with E-state index in [4.69, 9.17) is 4.74 Å². The number of amides is 1. The number of benzene rings is 2. The third-order valence-electron chi connectivity index (χ3n) is 3.35. The Morgan fingerprint density at radius 2 is 1.74 bits per heavy atom. The molecule has 0 aliphatic heterocycles. The molecule has 0 aliphatic carbocycles. The van der Waals surface area contributed by atoms with Crippen molar-refractivity contribution in [2.75, 3.05) is 11.9 Å². The molecule has 1 atom stereocenters. The van der Waals surface area contributed by atoms with E-state index in [1.807, 2.05) is 13.0 Å². The number of nitrogens with one attached hydrogen (secondary N) is 1. The molecule has 2 rings (SSSR count). The van der Waals surface area contributed by atoms with Crippen LogP contribution in [0.25, 0.3) is 0 Å². The first-order valence-corrected chi connectivity index (χ1v) is 7.41. The van der Waals surface area contributed by atoms with E-state index in [-0.39, 0.29) is 12.3 Å². The minimum Gasteiger partial charge on any atom is -0.492 e. The van der Waals surface area contributed by atoms with Gasteiger partial charge in [0.05, 0.1) is 18.2 Å². The Morgan fingerprint density at radius 1 is 1.09 bits per heavy atom. The van der Waals surface area contributed by atoms with E-state index in [0.717, 1.165) is 0 Å². The fourth-order valence-electron chi connectivity index (χ4n) is 2.27. The average molecular weight is 313 g/mol. The number of anilines is 1. The van der Waals surface area contributed by atoms with E-state index in [0.29, 0.717) is 23.6 Å². The van der Waals surface area contributed by atoms with Crippen LogP contribution in [0.15, 0.2) is 54.6 Å². The summed E-state index contributed by atoms with van der Waals surface area (Å²) in [5.74, 6) is -1.71. The second kappa shape index (κ2) is 7.98. The highest BCUT2D eigenvalue weighted by atomic mass is 16.5. The maximum absolute atomic E-state index is 12.2. The van der Waals surface area contributed by atoms with Gasteiger partial charge >= 0.3 is 5.97 Å². The highest BCUT2D eigenvalue weighted by Gasteiger charge is 2.23. The molecule has 0 saturated carbocycles. The van der Waals surface area contributed by atoms with Crippen molar-refractivity contribution < 1.29 is 19.4 Å². The molecule has 2 N–H and O–H groups in total. The molecule has 5 nitrogen and oxygen atoms in total. The molecule has 2 aromatic carbocycles. The van der Waals surface area contributed by atoms with Crippen LogP contribution in [-0.4, -0.2) is 23.6 Å². The maximum atomic E-state index is 12.2. The van der Waals surface area contributed by atoms with Crippen molar-refractivity contribution in [3.8, 4) is 5.75 Å². The van der Waals surface area contributed by atoms with Gasteiger partial charge in [-0.15, -0.1) is 0 Å². The Labute approximate surface area is 134 Å². The molecule has 120 valence electrons. The van der Waals surface area contributed by atoms with Gasteiger partial charge in [0, 0.05) is 6.42 Å². The molecule has 0 bridgehead atoms. The zero-order valence-electron chi connectivity index (χ0n) is 12.9. The number of carboxylic acid groups (broad SMARTS) is 1. The molecule has 2 aromatic rings. The van der Waals surface area contributed by atoms with Gasteiger partial charge in [0.25, 0.3) is 0 Å². The number of hydrogen-bond acceptors (Lipinski definition) is 3. The number of ether oxygens (including phenoxy) is 1. The molecule has 0 fully saturated rings. The van der Waals surface area contributed by atoms with Crippen LogP contribution in [0.4, 0.5) is 5.69 Å². The molecule has 0 aliphatic rings. The molecular formula is C18H19NO4. The average Bonchev–Trinajstić information content (AvgIpc) is 2.55. The van der Waals surface area contributed by atoms with Crippen LogP contribution in [0.5, 0.6) is 5.75 Å². The number of carbonyl (C=O) groups excluding carboxylic acids is 1. The van der Waals surface area contributed by atoms with Crippen molar-refractivity contribution >= 4 is 17.6 Å². The lowest BCUT2D eigenvalue weighted by atomic mass is 9.95. The number of aliphatic carboxylic acids is 1. The number of carboxylic acids is 1. The second-order valence-electron chi connectivity index (χ2n) is 4.98. The summed E-state index contributed by atoms with van der Waals surface area (Å²) in [6, 6.07) is 15.8. The Balaban J connectivity index is 2.10. The lowest BCUT2D eigenvalue weighted by Gasteiger charge is -2.14. The van der Waals surface area contributed by atoms with Crippen LogP contribution < -0.4 is 10.1 Å². The van der Waals surface area contributed by atoms with Crippen LogP contribution in [0.1, 0.15) is 24.8 Å². The smallest absolute Gasteiger partial charge is 0.311 e. The maximum Gasteiger partial charge on any atom is 0.311 e. The van der Waals surface area contributed by atoms with E-state index in [9.17, 15) is 14.7 Å². The SMILES string of the molecule is CCOc1ccccc1NC(=O)CC(C(=O)O)c1ccccc1. The Kier molecular flexibility index (Phi) is 5.74. The second-order valence-corrected chi connectivity index (χ2v) is 4.98. The summed E-state index contributed by atoms with van der Waals surface area (Å²) < 4.78 is 5.44. The van der Waals surface area contributed by atoms with E-state index in [1.165, 1.54) is 0 Å². The molecule has 1 amide bonds. The van der Waals surface area contributed by atoms with E-state index in [1.54, 1.807) is 48.5 Å². The summed E-state index contributed by atoms with van der Waals surface area (Å²) in [4.78, 5) is 23.7. The summed E-state index contributed by atoms with van der Waals surface area (Å²) in [6.07, 6.45) is -0.139. The predicted octanol–water partition coefficient (Wildman–Crippen LogP) is 3.28. The molecule has 1 unspecified atom stereocenters. The topological polar surface area (TPSA) is 75.6 Å². The third-order valence-corrected chi connectivity index (χ3v) is 3.35. The van der Waals surface area contributed by atoms with Gasteiger partial charge in [-0.3, -0.25) is 9.59 Å². The van der Waals surface area contributed by atoms with E-state index < -0.39 is 11.9 Å². The summed E-state index contributed by atoms with van der Waals surface area (Å²) in [6.45, 7) is 2.34. The van der Waals surface area contributed by atoms with Gasteiger partial charge in [-0.25, -0.2) is 0 Å². The largest absolute Gasteiger partial charge is 0.492 e. The predicted molar refractivity (Wildman–Crippen MR) is 87.7 cm³/mol. The van der Waals surface area contributed by atoms with Crippen LogP contribution in [-0.2, 0) is 9.59 Å². The van der Waals surface area contributed by atoms with Gasteiger partial charge in [-0.2, -0.15) is 0 Å². The molecule has 0 radical (unpaired) electrons. The van der Waals surface area contributed by atoms with Gasteiger partial charge in [0.1, 0.15) is 5.75 Å². The summed E-state index contributed by atoms with van der Waals surface area (Å²) in [5, 5.41) is 12.1. The zero-order valence-corrected chi connectivity index (χ0v) is 12.9. The molecule has 23 heavy (non-hydrogen) atoms. The van der Waals surface area contributed by atoms with Crippen molar-refractivity contribution in [2.24, 2.45) is 0 Å². The minimum atomic E-state index is -1.02. The van der Waals surface area contributed by atoms with Crippen molar-refractivity contribution in [1.82, 2.24) is 0 Å². The van der Waals surface area contributed by atoms with Crippen molar-refractivity contribution in [2.45, 2.75) is 19.3 Å². The normalized spacial score (nSPS) is 11.5. The molecule has 0 spiro atoms. The molecular weight excluding hydrogens is 294 g/mol. The first-order valence-electron chi connectivity index (χ1n) is 7.41. The summed E-state index contributed by atoms with van der Waals surface area (Å²) in [5.41, 5.74) is 1.14. The summed E-state index contributed by atoms with van der Waals surface area (Å²) in [7, 11) is 0. The van der Waals surface area contributed by atoms with Crippen LogP contribution in [0.2, 0.25) is 0 Å². The lowest BCUT2D eigenvalue weighted by molar-refractivity contribution is -0.140. The third kappa shape index (κ3) is 4.57. The van der Waals surface area contributed by atoms with Gasteiger partial charge in [0.15, 0.2) is 0 Å². The highest BCUT2D eigenvalue weighted by molar-refractivity contribution is 5.95. The van der Waals surface area contributed by atoms with Crippen LogP contribution in [0.3, 0.4) is 0 Å². The highest BCUT2D eigenvalue weighted by Crippen LogP contribution is 2.25. The first-order chi connectivity index (χ1) is 11.1. The van der Waals surface area contributed by atoms with E-state index >= 15 is 0 Å². The molecule has 0 heterocycles. The quantitative estimate of drug-likeness (QED) is 0.822. The monoisotopic (exact) mass is 313 g/mol. The van der Waals surface area contributed by atoms with Gasteiger partial charge in [-0.1, -0.05) is 42.5 Å². The lowest BCUT2D eigenvalue weighted by Crippen LogP contribution is -2.21. The number of hydrogen-bond donors (Lipinski definition) is 2. The molecule has 5 heteroatoms. The van der Waals surface area contributed by atoms with Crippen molar-refractivity contribution in [3.05, 3.63) is 60.2 Å². The Hall–Kier alpha value is -2.82. The Morgan fingerprint density at radius 3 is 2.39 bits per heavy atom. The zero-order chi connectivity index (χ0) is 16.7. The fraction of sp³-hybridized carbons (Fsp3) is 0.222. The Bertz CT molecular complexity index is 670. The first kappa shape index (κ1) is 16.5. The van der Waals surface area contributed by atoms with Crippen LogP contribution in [0, 0.1) is 0 Å². The number of para-hydroxylation sites is 2. The number of rotatable bonds is 7. The van der Waals surface area contributed by atoms with Gasteiger partial charge in [-0.05, 0) is 24.6 Å². The number of carbonyl (C=O) groups is 2. The molecule has 0 saturated heterocycles. The van der Waals surface area contributed by atoms with Gasteiger partial charge in [0.2, 0.25) is 5.91 Å². The van der Waals surface area contributed by atoms with Crippen LogP contribution >= 0.6 is 0 Å². The summed E-state index contributed by atoms with van der Waals surface area (Å²) >= 11 is 0. The van der Waals surface area contributed by atoms with E-state index in [2.05, 4.69) is 5.32 Å². The van der Waals surface area contributed by atoms with Crippen molar-refractivity contribution in [3.63, 3.8) is 0 Å². The van der Waals surface area contributed by atoms with Gasteiger partial charge < -0.3 is 15.2 Å².